The summed E-state index contributed by atoms with van der Waals surface area (Å²) in [5.74, 6) is -2.66. The Morgan fingerprint density at radius 3 is 2.41 bits per heavy atom. The minimum absolute atomic E-state index is 0.0595. The fourth-order valence-electron chi connectivity index (χ4n) is 3.16. The summed E-state index contributed by atoms with van der Waals surface area (Å²) in [7, 11) is 0. The van der Waals surface area contributed by atoms with Crippen molar-refractivity contribution in [2.24, 2.45) is 5.92 Å². The Bertz CT molecular complexity index is 906. The SMILES string of the molecule is CC(C)CC(NC(Cc1c[nH]c(=O)n1CCc1ccccc1F)C(=O)O)C(=O)O. The summed E-state index contributed by atoms with van der Waals surface area (Å²) in [6.45, 7) is 3.86. The van der Waals surface area contributed by atoms with E-state index in [0.29, 0.717) is 11.3 Å². The summed E-state index contributed by atoms with van der Waals surface area (Å²) in [5.41, 5.74) is 0.416. The molecule has 0 aliphatic rings. The lowest BCUT2D eigenvalue weighted by Gasteiger charge is -2.22. The molecular formula is C20H26FN3O5. The molecule has 0 spiro atoms. The van der Waals surface area contributed by atoms with Crippen molar-refractivity contribution in [3.63, 3.8) is 0 Å². The second kappa shape index (κ2) is 10.0. The number of nitrogens with zero attached hydrogens (tertiary/aromatic N) is 1. The lowest BCUT2D eigenvalue weighted by molar-refractivity contribution is -0.142. The number of aliphatic carboxylic acids is 2. The summed E-state index contributed by atoms with van der Waals surface area (Å²) < 4.78 is 15.2. The van der Waals surface area contributed by atoms with Gasteiger partial charge in [0.05, 0.1) is 0 Å². The summed E-state index contributed by atoms with van der Waals surface area (Å²) in [6, 6.07) is 4.02. The zero-order valence-corrected chi connectivity index (χ0v) is 16.4. The predicted octanol–water partition coefficient (Wildman–Crippen LogP) is 1.64. The van der Waals surface area contributed by atoms with Crippen molar-refractivity contribution in [2.75, 3.05) is 0 Å². The van der Waals surface area contributed by atoms with Gasteiger partial charge in [-0.25, -0.2) is 9.18 Å². The molecule has 0 amide bonds. The van der Waals surface area contributed by atoms with Gasteiger partial charge in [0.15, 0.2) is 0 Å². The molecule has 0 bridgehead atoms. The molecule has 4 N–H and O–H groups in total. The number of halogens is 1. The van der Waals surface area contributed by atoms with E-state index >= 15 is 0 Å². The first-order chi connectivity index (χ1) is 13.7. The number of aromatic amines is 1. The smallest absolute Gasteiger partial charge is 0.325 e. The number of aromatic nitrogens is 2. The molecule has 1 heterocycles. The minimum atomic E-state index is -1.21. The van der Waals surface area contributed by atoms with Gasteiger partial charge in [-0.05, 0) is 30.4 Å². The van der Waals surface area contributed by atoms with E-state index in [1.165, 1.54) is 16.8 Å². The highest BCUT2D eigenvalue weighted by molar-refractivity contribution is 5.77. The lowest BCUT2D eigenvalue weighted by atomic mass is 10.0. The fourth-order valence-corrected chi connectivity index (χ4v) is 3.16. The predicted molar refractivity (Wildman–Crippen MR) is 104 cm³/mol. The van der Waals surface area contributed by atoms with Gasteiger partial charge in [0, 0.05) is 24.9 Å². The Hall–Kier alpha value is -2.94. The average Bonchev–Trinajstić information content (AvgIpc) is 2.98. The van der Waals surface area contributed by atoms with E-state index in [2.05, 4.69) is 10.3 Å². The first-order valence-electron chi connectivity index (χ1n) is 9.41. The van der Waals surface area contributed by atoms with Gasteiger partial charge in [-0.3, -0.25) is 19.5 Å². The fraction of sp³-hybridized carbons (Fsp3) is 0.450. The van der Waals surface area contributed by atoms with E-state index in [1.807, 2.05) is 13.8 Å². The number of carboxylic acid groups (broad SMARTS) is 2. The molecular weight excluding hydrogens is 381 g/mol. The normalized spacial score (nSPS) is 13.4. The van der Waals surface area contributed by atoms with Crippen LogP contribution in [-0.2, 0) is 29.0 Å². The molecule has 9 heteroatoms. The highest BCUT2D eigenvalue weighted by Crippen LogP contribution is 2.11. The lowest BCUT2D eigenvalue weighted by Crippen LogP contribution is -2.49. The van der Waals surface area contributed by atoms with E-state index < -0.39 is 29.7 Å². The van der Waals surface area contributed by atoms with Crippen LogP contribution in [0.1, 0.15) is 31.5 Å². The molecule has 1 aromatic carbocycles. The molecule has 2 atom stereocenters. The van der Waals surface area contributed by atoms with Gasteiger partial charge in [-0.15, -0.1) is 0 Å². The third-order valence-corrected chi connectivity index (χ3v) is 4.64. The molecule has 0 aliphatic carbocycles. The van der Waals surface area contributed by atoms with Gasteiger partial charge < -0.3 is 15.2 Å². The van der Waals surface area contributed by atoms with Gasteiger partial charge in [0.25, 0.3) is 0 Å². The van der Waals surface area contributed by atoms with Crippen molar-refractivity contribution in [1.29, 1.82) is 0 Å². The topological polar surface area (TPSA) is 124 Å². The molecule has 158 valence electrons. The molecule has 8 nitrogen and oxygen atoms in total. The number of hydrogen-bond donors (Lipinski definition) is 4. The number of H-pyrrole nitrogens is 1. The molecule has 0 aliphatic heterocycles. The van der Waals surface area contributed by atoms with Crippen molar-refractivity contribution in [3.05, 3.63) is 58.0 Å². The number of rotatable bonds is 11. The number of aryl methyl sites for hydroxylation is 1. The van der Waals surface area contributed by atoms with Gasteiger partial charge in [0.2, 0.25) is 0 Å². The molecule has 0 radical (unpaired) electrons. The molecule has 2 rings (SSSR count). The quantitative estimate of drug-likeness (QED) is 0.449. The molecule has 1 aromatic heterocycles. The maximum atomic E-state index is 13.8. The Kier molecular flexibility index (Phi) is 7.72. The van der Waals surface area contributed by atoms with Gasteiger partial charge in [0.1, 0.15) is 17.9 Å². The van der Waals surface area contributed by atoms with Crippen molar-refractivity contribution < 1.29 is 24.2 Å². The second-order valence-electron chi connectivity index (χ2n) is 7.36. The molecule has 0 saturated heterocycles. The maximum absolute atomic E-state index is 13.8. The summed E-state index contributed by atoms with van der Waals surface area (Å²) in [4.78, 5) is 37.8. The van der Waals surface area contributed by atoms with E-state index in [-0.39, 0.29) is 37.5 Å². The van der Waals surface area contributed by atoms with Crippen molar-refractivity contribution in [2.45, 2.75) is 51.7 Å². The number of carboxylic acids is 2. The first kappa shape index (κ1) is 22.4. The van der Waals surface area contributed by atoms with Gasteiger partial charge in [-0.2, -0.15) is 0 Å². The highest BCUT2D eigenvalue weighted by Gasteiger charge is 2.28. The standard InChI is InChI=1S/C20H26FN3O5/c1-12(2)9-16(18(25)26)23-17(19(27)28)10-14-11-22-20(29)24(14)8-7-13-5-3-4-6-15(13)21/h3-6,11-12,16-17,23H,7-10H2,1-2H3,(H,22,29)(H,25,26)(H,27,28). The molecule has 29 heavy (non-hydrogen) atoms. The van der Waals surface area contributed by atoms with E-state index in [4.69, 9.17) is 0 Å². The van der Waals surface area contributed by atoms with E-state index in [0.717, 1.165) is 0 Å². The van der Waals surface area contributed by atoms with Crippen LogP contribution in [0.5, 0.6) is 0 Å². The van der Waals surface area contributed by atoms with Gasteiger partial charge in [-0.1, -0.05) is 32.0 Å². The number of carbonyl (C=O) groups is 2. The zero-order valence-electron chi connectivity index (χ0n) is 16.4. The minimum Gasteiger partial charge on any atom is -0.480 e. The molecule has 2 aromatic rings. The van der Waals surface area contributed by atoms with Crippen LogP contribution < -0.4 is 11.0 Å². The summed E-state index contributed by atoms with van der Waals surface area (Å²) in [5, 5.41) is 21.6. The van der Waals surface area contributed by atoms with Crippen LogP contribution >= 0.6 is 0 Å². The number of benzene rings is 1. The first-order valence-corrected chi connectivity index (χ1v) is 9.41. The van der Waals surface area contributed by atoms with Crippen LogP contribution in [-0.4, -0.2) is 43.8 Å². The molecule has 0 saturated carbocycles. The van der Waals surface area contributed by atoms with Crippen LogP contribution in [0.25, 0.3) is 0 Å². The Balaban J connectivity index is 2.16. The summed E-state index contributed by atoms with van der Waals surface area (Å²) >= 11 is 0. The largest absolute Gasteiger partial charge is 0.480 e. The van der Waals surface area contributed by atoms with E-state index in [9.17, 15) is 29.0 Å². The second-order valence-corrected chi connectivity index (χ2v) is 7.36. The Morgan fingerprint density at radius 2 is 1.83 bits per heavy atom. The Labute approximate surface area is 167 Å². The third-order valence-electron chi connectivity index (χ3n) is 4.64. The van der Waals surface area contributed by atoms with Crippen LogP contribution in [0, 0.1) is 11.7 Å². The number of nitrogens with one attached hydrogen (secondary N) is 2. The van der Waals surface area contributed by atoms with Crippen LogP contribution in [0.15, 0.2) is 35.3 Å². The molecule has 0 fully saturated rings. The molecule has 2 unspecified atom stereocenters. The highest BCUT2D eigenvalue weighted by atomic mass is 19.1. The summed E-state index contributed by atoms with van der Waals surface area (Å²) in [6.07, 6.45) is 1.84. The van der Waals surface area contributed by atoms with Crippen LogP contribution in [0.3, 0.4) is 0 Å². The average molecular weight is 407 g/mol. The number of hydrogen-bond acceptors (Lipinski definition) is 4. The van der Waals surface area contributed by atoms with Crippen molar-refractivity contribution in [1.82, 2.24) is 14.9 Å². The zero-order chi connectivity index (χ0) is 21.6. The Morgan fingerprint density at radius 1 is 1.17 bits per heavy atom. The van der Waals surface area contributed by atoms with Crippen LogP contribution in [0.2, 0.25) is 0 Å². The van der Waals surface area contributed by atoms with Crippen molar-refractivity contribution >= 4 is 11.9 Å². The van der Waals surface area contributed by atoms with E-state index in [1.54, 1.807) is 18.2 Å². The van der Waals surface area contributed by atoms with Crippen molar-refractivity contribution in [3.8, 4) is 0 Å². The third kappa shape index (κ3) is 6.28. The van der Waals surface area contributed by atoms with Gasteiger partial charge >= 0.3 is 17.6 Å². The number of imidazole rings is 1. The monoisotopic (exact) mass is 407 g/mol. The maximum Gasteiger partial charge on any atom is 0.325 e. The van der Waals surface area contributed by atoms with Crippen LogP contribution in [0.4, 0.5) is 4.39 Å².